The number of nitrogens with two attached hydrogens (primary N) is 1. The van der Waals surface area contributed by atoms with E-state index in [1.54, 1.807) is 0 Å². The SMILES string of the molecule is Cc1cc(C)c(S(=O)(=O)NC(C)(CN)CC(C)C)c(C)c1. The van der Waals surface area contributed by atoms with Crippen LogP contribution in [0.2, 0.25) is 0 Å². The summed E-state index contributed by atoms with van der Waals surface area (Å²) in [4.78, 5) is 0.372. The molecule has 0 aliphatic carbocycles. The van der Waals surface area contributed by atoms with Gasteiger partial charge in [0.05, 0.1) is 4.90 Å². The average molecular weight is 312 g/mol. The fourth-order valence-corrected chi connectivity index (χ4v) is 4.92. The van der Waals surface area contributed by atoms with Gasteiger partial charge in [0.15, 0.2) is 0 Å². The number of aryl methyl sites for hydroxylation is 3. The highest BCUT2D eigenvalue weighted by Gasteiger charge is 2.31. The molecule has 0 amide bonds. The minimum atomic E-state index is -3.58. The first kappa shape index (κ1) is 18.1. The van der Waals surface area contributed by atoms with Crippen LogP contribution in [0.1, 0.15) is 43.9 Å². The van der Waals surface area contributed by atoms with Crippen LogP contribution in [0.15, 0.2) is 17.0 Å². The Morgan fingerprint density at radius 3 is 2.05 bits per heavy atom. The lowest BCUT2D eigenvalue weighted by Crippen LogP contribution is -2.52. The minimum Gasteiger partial charge on any atom is -0.329 e. The highest BCUT2D eigenvalue weighted by atomic mass is 32.2. The van der Waals surface area contributed by atoms with E-state index in [1.165, 1.54) is 0 Å². The van der Waals surface area contributed by atoms with Gasteiger partial charge >= 0.3 is 0 Å². The molecule has 1 unspecified atom stereocenters. The number of rotatable bonds is 6. The van der Waals surface area contributed by atoms with Gasteiger partial charge in [0, 0.05) is 12.1 Å². The fraction of sp³-hybridized carbons (Fsp3) is 0.625. The van der Waals surface area contributed by atoms with Gasteiger partial charge in [-0.05, 0) is 51.2 Å². The maximum Gasteiger partial charge on any atom is 0.241 e. The smallest absolute Gasteiger partial charge is 0.241 e. The molecule has 0 aliphatic heterocycles. The summed E-state index contributed by atoms with van der Waals surface area (Å²) in [5.74, 6) is 0.362. The van der Waals surface area contributed by atoms with Crippen LogP contribution in [0.25, 0.3) is 0 Å². The van der Waals surface area contributed by atoms with Crippen molar-refractivity contribution in [1.29, 1.82) is 0 Å². The van der Waals surface area contributed by atoms with Crippen LogP contribution in [0.3, 0.4) is 0 Å². The van der Waals surface area contributed by atoms with Gasteiger partial charge in [0.25, 0.3) is 0 Å². The van der Waals surface area contributed by atoms with E-state index >= 15 is 0 Å². The summed E-state index contributed by atoms with van der Waals surface area (Å²) in [5.41, 5.74) is 7.78. The summed E-state index contributed by atoms with van der Waals surface area (Å²) in [6, 6.07) is 3.79. The van der Waals surface area contributed by atoms with E-state index in [0.717, 1.165) is 16.7 Å². The second kappa shape index (κ2) is 6.46. The normalized spacial score (nSPS) is 15.2. The molecule has 5 heteroatoms. The molecule has 0 spiro atoms. The predicted octanol–water partition coefficient (Wildman–Crippen LogP) is 2.65. The monoisotopic (exact) mass is 312 g/mol. The van der Waals surface area contributed by atoms with Crippen LogP contribution in [0.5, 0.6) is 0 Å². The van der Waals surface area contributed by atoms with Crippen LogP contribution >= 0.6 is 0 Å². The lowest BCUT2D eigenvalue weighted by Gasteiger charge is -2.31. The Hall–Kier alpha value is -0.910. The third kappa shape index (κ3) is 4.53. The van der Waals surface area contributed by atoms with Crippen LogP contribution in [0.4, 0.5) is 0 Å². The molecule has 1 aromatic rings. The summed E-state index contributed by atoms with van der Waals surface area (Å²) in [5, 5.41) is 0. The van der Waals surface area contributed by atoms with E-state index in [0.29, 0.717) is 17.2 Å². The first-order chi connectivity index (χ1) is 9.50. The zero-order valence-electron chi connectivity index (χ0n) is 13.9. The van der Waals surface area contributed by atoms with Gasteiger partial charge in [-0.15, -0.1) is 0 Å². The highest BCUT2D eigenvalue weighted by Crippen LogP contribution is 2.25. The quantitative estimate of drug-likeness (QED) is 0.848. The number of nitrogens with one attached hydrogen (secondary N) is 1. The zero-order chi connectivity index (χ0) is 16.4. The summed E-state index contributed by atoms with van der Waals surface area (Å²) in [7, 11) is -3.58. The van der Waals surface area contributed by atoms with Crippen LogP contribution in [-0.2, 0) is 10.0 Å². The maximum absolute atomic E-state index is 12.8. The topological polar surface area (TPSA) is 72.2 Å². The third-order valence-electron chi connectivity index (χ3n) is 3.56. The summed E-state index contributed by atoms with van der Waals surface area (Å²) in [6.45, 7) is 11.9. The van der Waals surface area contributed by atoms with Gasteiger partial charge in [0.2, 0.25) is 10.0 Å². The van der Waals surface area contributed by atoms with Gasteiger partial charge in [-0.2, -0.15) is 0 Å². The van der Waals surface area contributed by atoms with E-state index in [-0.39, 0.29) is 6.54 Å². The lowest BCUT2D eigenvalue weighted by atomic mass is 9.92. The molecule has 0 saturated carbocycles. The van der Waals surface area contributed by atoms with E-state index in [2.05, 4.69) is 18.6 Å². The van der Waals surface area contributed by atoms with E-state index in [4.69, 9.17) is 5.73 Å². The summed E-state index contributed by atoms with van der Waals surface area (Å²) >= 11 is 0. The van der Waals surface area contributed by atoms with Gasteiger partial charge in [-0.3, -0.25) is 0 Å². The maximum atomic E-state index is 12.8. The van der Waals surface area contributed by atoms with Gasteiger partial charge in [0.1, 0.15) is 0 Å². The molecule has 1 atom stereocenters. The van der Waals surface area contributed by atoms with E-state index in [9.17, 15) is 8.42 Å². The van der Waals surface area contributed by atoms with Crippen LogP contribution in [0, 0.1) is 26.7 Å². The van der Waals surface area contributed by atoms with Crippen LogP contribution < -0.4 is 10.5 Å². The predicted molar refractivity (Wildman–Crippen MR) is 87.9 cm³/mol. The molecule has 120 valence electrons. The van der Waals surface area contributed by atoms with Crippen molar-refractivity contribution in [3.8, 4) is 0 Å². The van der Waals surface area contributed by atoms with Crippen molar-refractivity contribution >= 4 is 10.0 Å². The largest absolute Gasteiger partial charge is 0.329 e. The number of sulfonamides is 1. The van der Waals surface area contributed by atoms with Crippen molar-refractivity contribution in [3.63, 3.8) is 0 Å². The van der Waals surface area contributed by atoms with Crippen molar-refractivity contribution in [3.05, 3.63) is 28.8 Å². The molecular weight excluding hydrogens is 284 g/mol. The number of benzene rings is 1. The van der Waals surface area contributed by atoms with Crippen molar-refractivity contribution < 1.29 is 8.42 Å². The Kier molecular flexibility index (Phi) is 5.58. The molecule has 0 radical (unpaired) electrons. The summed E-state index contributed by atoms with van der Waals surface area (Å²) in [6.07, 6.45) is 0.701. The second-order valence-electron chi connectivity index (χ2n) is 6.70. The molecule has 1 rings (SSSR count). The minimum absolute atomic E-state index is 0.272. The number of hydrogen-bond donors (Lipinski definition) is 2. The van der Waals surface area contributed by atoms with Gasteiger partial charge in [-0.1, -0.05) is 31.5 Å². The Balaban J connectivity index is 3.24. The molecule has 0 heterocycles. The lowest BCUT2D eigenvalue weighted by molar-refractivity contribution is 0.344. The highest BCUT2D eigenvalue weighted by molar-refractivity contribution is 7.89. The van der Waals surface area contributed by atoms with Gasteiger partial charge in [-0.25, -0.2) is 13.1 Å². The van der Waals surface area contributed by atoms with Crippen molar-refractivity contribution in [2.75, 3.05) is 6.54 Å². The molecule has 0 aliphatic rings. The fourth-order valence-electron chi connectivity index (χ4n) is 3.03. The van der Waals surface area contributed by atoms with Crippen LogP contribution in [-0.4, -0.2) is 20.5 Å². The third-order valence-corrected chi connectivity index (χ3v) is 5.51. The first-order valence-electron chi connectivity index (χ1n) is 7.32. The van der Waals surface area contributed by atoms with Crippen molar-refractivity contribution in [2.24, 2.45) is 11.7 Å². The summed E-state index contributed by atoms with van der Waals surface area (Å²) < 4.78 is 28.4. The average Bonchev–Trinajstić information content (AvgIpc) is 2.24. The van der Waals surface area contributed by atoms with Crippen molar-refractivity contribution in [1.82, 2.24) is 4.72 Å². The second-order valence-corrected chi connectivity index (χ2v) is 8.32. The Labute approximate surface area is 129 Å². The molecular formula is C16H28N2O2S. The van der Waals surface area contributed by atoms with E-state index in [1.807, 2.05) is 39.8 Å². The molecule has 0 fully saturated rings. The molecule has 0 saturated heterocycles. The number of hydrogen-bond acceptors (Lipinski definition) is 3. The van der Waals surface area contributed by atoms with Crippen molar-refractivity contribution in [2.45, 2.75) is 58.4 Å². The molecule has 1 aromatic carbocycles. The first-order valence-corrected chi connectivity index (χ1v) is 8.81. The van der Waals surface area contributed by atoms with E-state index < -0.39 is 15.6 Å². The molecule has 3 N–H and O–H groups in total. The molecule has 0 aromatic heterocycles. The Morgan fingerprint density at radius 2 is 1.67 bits per heavy atom. The Morgan fingerprint density at radius 1 is 1.19 bits per heavy atom. The Bertz CT molecular complexity index is 586. The zero-order valence-corrected chi connectivity index (χ0v) is 14.8. The molecule has 0 bridgehead atoms. The molecule has 4 nitrogen and oxygen atoms in total. The van der Waals surface area contributed by atoms with Gasteiger partial charge < -0.3 is 5.73 Å². The standard InChI is InChI=1S/C16H28N2O2S/c1-11(2)9-16(6,10-17)18-21(19,20)15-13(4)7-12(3)8-14(15)5/h7-8,11,18H,9-10,17H2,1-6H3. The molecule has 21 heavy (non-hydrogen) atoms.